The highest BCUT2D eigenvalue weighted by Gasteiger charge is 2.17. The van der Waals surface area contributed by atoms with E-state index in [1.807, 2.05) is 24.3 Å². The van der Waals surface area contributed by atoms with E-state index in [1.54, 1.807) is 24.1 Å². The first kappa shape index (κ1) is 18.6. The van der Waals surface area contributed by atoms with E-state index in [2.05, 4.69) is 40.5 Å². The van der Waals surface area contributed by atoms with E-state index in [1.165, 1.54) is 12.5 Å². The molecule has 3 aromatic rings. The van der Waals surface area contributed by atoms with Gasteiger partial charge in [0.2, 0.25) is 0 Å². The van der Waals surface area contributed by atoms with Gasteiger partial charge in [-0.05, 0) is 24.3 Å². The molecule has 8 nitrogen and oxygen atoms in total. The van der Waals surface area contributed by atoms with Gasteiger partial charge in [0.25, 0.3) is 10.0 Å². The lowest BCUT2D eigenvalue weighted by Gasteiger charge is -2.24. The Kier molecular flexibility index (Phi) is 5.74. The third kappa shape index (κ3) is 4.71. The molecule has 0 aliphatic heterocycles. The number of aromatic nitrogens is 4. The quantitative estimate of drug-likeness (QED) is 0.559. The maximum atomic E-state index is 12.3. The smallest absolute Gasteiger partial charge is 0.259 e. The Morgan fingerprint density at radius 3 is 2.69 bits per heavy atom. The average molecular weight is 439 g/mol. The molecule has 0 saturated carbocycles. The van der Waals surface area contributed by atoms with Crippen molar-refractivity contribution >= 4 is 31.6 Å². The Balaban J connectivity index is 1.68. The van der Waals surface area contributed by atoms with Gasteiger partial charge in [-0.1, -0.05) is 15.9 Å². The van der Waals surface area contributed by atoms with E-state index in [0.717, 1.165) is 15.9 Å². The normalized spacial score (nSPS) is 11.6. The van der Waals surface area contributed by atoms with E-state index in [-0.39, 0.29) is 11.6 Å². The largest absolute Gasteiger partial charge is 0.364 e. The lowest BCUT2D eigenvalue weighted by atomic mass is 10.2. The summed E-state index contributed by atoms with van der Waals surface area (Å²) < 4.78 is 29.8. The summed E-state index contributed by atoms with van der Waals surface area (Å²) in [6.45, 7) is 1.34. The molecule has 0 amide bonds. The third-order valence-electron chi connectivity index (χ3n) is 3.74. The maximum Gasteiger partial charge on any atom is 0.259 e. The third-order valence-corrected chi connectivity index (χ3v) is 5.61. The lowest BCUT2D eigenvalue weighted by molar-refractivity contribution is 0.577. The number of hydrogen-bond donors (Lipinski definition) is 2. The average Bonchev–Trinajstić information content (AvgIpc) is 3.26. The van der Waals surface area contributed by atoms with Crippen LogP contribution in [-0.2, 0) is 23.6 Å². The molecule has 1 aromatic carbocycles. The fraction of sp³-hybridized carbons (Fsp3) is 0.250. The second-order valence-electron chi connectivity index (χ2n) is 5.75. The van der Waals surface area contributed by atoms with Gasteiger partial charge in [-0.3, -0.25) is 0 Å². The molecular formula is C16H19BrN6O2S. The van der Waals surface area contributed by atoms with E-state index in [0.29, 0.717) is 13.1 Å². The Labute approximate surface area is 160 Å². The van der Waals surface area contributed by atoms with Crippen LogP contribution in [0.4, 0.5) is 5.69 Å². The highest BCUT2D eigenvalue weighted by atomic mass is 79.9. The zero-order chi connectivity index (χ0) is 18.6. The number of rotatable bonds is 8. The van der Waals surface area contributed by atoms with Gasteiger partial charge in [-0.15, -0.1) is 0 Å². The Morgan fingerprint density at radius 2 is 2.08 bits per heavy atom. The van der Waals surface area contributed by atoms with Crippen LogP contribution < -0.4 is 9.62 Å². The number of sulfonamides is 1. The number of hydrogen-bond acceptors (Lipinski definition) is 5. The van der Waals surface area contributed by atoms with Gasteiger partial charge in [0.1, 0.15) is 0 Å². The SMILES string of the molecule is Cn1cnc(S(=O)(=O)NCCN(Cc2cnc[nH]2)c2ccc(Br)cc2)c1. The molecule has 0 aliphatic carbocycles. The maximum absolute atomic E-state index is 12.3. The summed E-state index contributed by atoms with van der Waals surface area (Å²) >= 11 is 3.43. The van der Waals surface area contributed by atoms with Crippen molar-refractivity contribution in [2.75, 3.05) is 18.0 Å². The van der Waals surface area contributed by atoms with Crippen molar-refractivity contribution in [2.45, 2.75) is 11.6 Å². The number of H-pyrrole nitrogens is 1. The Morgan fingerprint density at radius 1 is 1.31 bits per heavy atom. The summed E-state index contributed by atoms with van der Waals surface area (Å²) in [5.41, 5.74) is 1.93. The lowest BCUT2D eigenvalue weighted by Crippen LogP contribution is -2.35. The number of imidazole rings is 2. The van der Waals surface area contributed by atoms with Gasteiger partial charge in [-0.2, -0.15) is 0 Å². The zero-order valence-electron chi connectivity index (χ0n) is 14.1. The monoisotopic (exact) mass is 438 g/mol. The van der Waals surface area contributed by atoms with Crippen LogP contribution in [0.2, 0.25) is 0 Å². The number of aromatic amines is 1. The van der Waals surface area contributed by atoms with Crippen LogP contribution >= 0.6 is 15.9 Å². The van der Waals surface area contributed by atoms with Crippen molar-refractivity contribution in [2.24, 2.45) is 7.05 Å². The molecule has 10 heteroatoms. The van der Waals surface area contributed by atoms with Crippen LogP contribution in [0.15, 0.2) is 58.8 Å². The molecule has 138 valence electrons. The van der Waals surface area contributed by atoms with Crippen molar-refractivity contribution in [3.8, 4) is 0 Å². The number of benzene rings is 1. The van der Waals surface area contributed by atoms with Gasteiger partial charge in [-0.25, -0.2) is 23.1 Å². The van der Waals surface area contributed by atoms with E-state index in [9.17, 15) is 8.42 Å². The summed E-state index contributed by atoms with van der Waals surface area (Å²) in [6.07, 6.45) is 6.31. The van der Waals surface area contributed by atoms with Crippen LogP contribution in [0.3, 0.4) is 0 Å². The first-order valence-corrected chi connectivity index (χ1v) is 10.2. The summed E-state index contributed by atoms with van der Waals surface area (Å²) in [5, 5.41) is 0.0174. The predicted octanol–water partition coefficient (Wildman–Crippen LogP) is 1.89. The van der Waals surface area contributed by atoms with Crippen molar-refractivity contribution in [1.82, 2.24) is 24.2 Å². The minimum absolute atomic E-state index is 0.0174. The fourth-order valence-electron chi connectivity index (χ4n) is 2.44. The first-order valence-electron chi connectivity index (χ1n) is 7.89. The van der Waals surface area contributed by atoms with Crippen LogP contribution in [-0.4, -0.2) is 41.0 Å². The summed E-state index contributed by atoms with van der Waals surface area (Å²) in [7, 11) is -1.89. The molecule has 0 bridgehead atoms. The molecule has 26 heavy (non-hydrogen) atoms. The predicted molar refractivity (Wildman–Crippen MR) is 102 cm³/mol. The molecule has 0 atom stereocenters. The molecule has 2 heterocycles. The van der Waals surface area contributed by atoms with E-state index in [4.69, 9.17) is 0 Å². The summed E-state index contributed by atoms with van der Waals surface area (Å²) in [5.74, 6) is 0. The first-order chi connectivity index (χ1) is 12.4. The minimum atomic E-state index is -3.62. The second-order valence-corrected chi connectivity index (χ2v) is 8.38. The highest BCUT2D eigenvalue weighted by molar-refractivity contribution is 9.10. The van der Waals surface area contributed by atoms with Crippen LogP contribution in [0, 0.1) is 0 Å². The zero-order valence-corrected chi connectivity index (χ0v) is 16.5. The van der Waals surface area contributed by atoms with Crippen LogP contribution in [0.25, 0.3) is 0 Å². The molecular weight excluding hydrogens is 420 g/mol. The molecule has 2 aromatic heterocycles. The van der Waals surface area contributed by atoms with Crippen LogP contribution in [0.5, 0.6) is 0 Å². The Bertz CT molecular complexity index is 938. The van der Waals surface area contributed by atoms with Gasteiger partial charge in [0.15, 0.2) is 5.03 Å². The molecule has 0 unspecified atom stereocenters. The topological polar surface area (TPSA) is 95.9 Å². The number of anilines is 1. The summed E-state index contributed by atoms with van der Waals surface area (Å²) in [4.78, 5) is 13.1. The Hall–Kier alpha value is -2.17. The number of nitrogens with one attached hydrogen (secondary N) is 2. The summed E-state index contributed by atoms with van der Waals surface area (Å²) in [6, 6.07) is 7.86. The van der Waals surface area contributed by atoms with Crippen molar-refractivity contribution < 1.29 is 8.42 Å². The van der Waals surface area contributed by atoms with Gasteiger partial charge < -0.3 is 14.5 Å². The minimum Gasteiger partial charge on any atom is -0.364 e. The fourth-order valence-corrected chi connectivity index (χ4v) is 3.71. The van der Waals surface area contributed by atoms with E-state index < -0.39 is 10.0 Å². The standard InChI is InChI=1S/C16H19BrN6O2S/c1-22-10-16(20-12-22)26(24,25)21-6-7-23(9-14-8-18-11-19-14)15-4-2-13(17)3-5-15/h2-5,8,10-12,21H,6-7,9H2,1H3,(H,18,19). The molecule has 3 rings (SSSR count). The molecule has 0 fully saturated rings. The number of halogens is 1. The molecule has 0 spiro atoms. The van der Waals surface area contributed by atoms with Crippen molar-refractivity contribution in [3.63, 3.8) is 0 Å². The van der Waals surface area contributed by atoms with E-state index >= 15 is 0 Å². The molecule has 0 radical (unpaired) electrons. The number of nitrogens with zero attached hydrogens (tertiary/aromatic N) is 4. The second kappa shape index (κ2) is 8.02. The molecule has 2 N–H and O–H groups in total. The number of aryl methyl sites for hydroxylation is 1. The van der Waals surface area contributed by atoms with Crippen LogP contribution in [0.1, 0.15) is 5.69 Å². The van der Waals surface area contributed by atoms with Gasteiger partial charge >= 0.3 is 0 Å². The molecule has 0 saturated heterocycles. The molecule has 0 aliphatic rings. The van der Waals surface area contributed by atoms with Gasteiger partial charge in [0.05, 0.1) is 24.9 Å². The van der Waals surface area contributed by atoms with Gasteiger partial charge in [0, 0.05) is 42.7 Å². The van der Waals surface area contributed by atoms with Crippen molar-refractivity contribution in [3.05, 3.63) is 59.5 Å². The van der Waals surface area contributed by atoms with Crippen molar-refractivity contribution in [1.29, 1.82) is 0 Å². The highest BCUT2D eigenvalue weighted by Crippen LogP contribution is 2.19.